The molecule has 0 amide bonds. The number of aliphatic carboxylic acids is 2. The van der Waals surface area contributed by atoms with Crippen LogP contribution in [0.5, 0.6) is 0 Å². The molecular weight excluding hydrogens is 547 g/mol. The molecule has 38 heavy (non-hydrogen) atoms. The van der Waals surface area contributed by atoms with Gasteiger partial charge in [-0.25, -0.2) is 14.3 Å². The number of nitrogens with zero attached hydrogens (tertiary/aromatic N) is 5. The van der Waals surface area contributed by atoms with Gasteiger partial charge in [0, 0.05) is 32.4 Å². The third kappa shape index (κ3) is 11.3. The van der Waals surface area contributed by atoms with Crippen LogP contribution in [0.1, 0.15) is 35.8 Å². The molecule has 214 valence electrons. The zero-order valence-corrected chi connectivity index (χ0v) is 19.1. The van der Waals surface area contributed by atoms with Crippen LogP contribution < -0.4 is 5.73 Å². The highest BCUT2D eigenvalue weighted by molar-refractivity contribution is 5.73. The molecule has 0 bridgehead atoms. The fraction of sp³-hybridized carbons (Fsp3) is 0.526. The lowest BCUT2D eigenvalue weighted by Gasteiger charge is -2.31. The van der Waals surface area contributed by atoms with E-state index in [9.17, 15) is 39.5 Å². The number of rotatable bonds is 4. The van der Waals surface area contributed by atoms with E-state index in [-0.39, 0.29) is 0 Å². The van der Waals surface area contributed by atoms with Crippen LogP contribution in [0.15, 0.2) is 24.5 Å². The number of carboxylic acid groups (broad SMARTS) is 2. The summed E-state index contributed by atoms with van der Waals surface area (Å²) >= 11 is 0. The van der Waals surface area contributed by atoms with Crippen molar-refractivity contribution in [3.63, 3.8) is 0 Å². The minimum Gasteiger partial charge on any atom is -0.475 e. The molecule has 0 aromatic carbocycles. The molecule has 0 saturated carbocycles. The molecule has 10 nitrogen and oxygen atoms in total. The number of nitrogens with two attached hydrogens (primary N) is 1. The first-order valence-corrected chi connectivity index (χ1v) is 10.3. The van der Waals surface area contributed by atoms with Gasteiger partial charge in [-0.1, -0.05) is 11.3 Å². The van der Waals surface area contributed by atoms with Crippen molar-refractivity contribution in [2.45, 2.75) is 50.5 Å². The van der Waals surface area contributed by atoms with Crippen molar-refractivity contribution in [1.82, 2.24) is 24.9 Å². The lowest BCUT2D eigenvalue weighted by molar-refractivity contribution is -0.193. The zero-order valence-electron chi connectivity index (χ0n) is 19.1. The molecule has 1 aliphatic heterocycles. The second-order valence-corrected chi connectivity index (χ2v) is 7.56. The summed E-state index contributed by atoms with van der Waals surface area (Å²) in [6.45, 7) is 2.68. The molecule has 19 heteroatoms. The van der Waals surface area contributed by atoms with E-state index >= 15 is 0 Å². The standard InChI is InChI=1S/C15H19F3N6.2C2HF3O2/c16-15(17,18)14-2-1-11(8-20-14)9-23-5-3-13(4-6-23)24-10-12(7-19)21-22-24;2*3-2(4,5)1(6)7/h1-2,8,10,13H,3-7,9,19H2;2*(H,6,7). The number of piperidine rings is 1. The van der Waals surface area contributed by atoms with Crippen LogP contribution in [-0.4, -0.2) is 72.5 Å². The van der Waals surface area contributed by atoms with Crippen molar-refractivity contribution in [3.8, 4) is 0 Å². The number of aromatic nitrogens is 4. The summed E-state index contributed by atoms with van der Waals surface area (Å²) in [5.41, 5.74) is 6.24. The van der Waals surface area contributed by atoms with Crippen molar-refractivity contribution >= 4 is 11.9 Å². The monoisotopic (exact) mass is 568 g/mol. The Kier molecular flexibility index (Phi) is 11.4. The Morgan fingerprint density at radius 1 is 0.947 bits per heavy atom. The normalized spacial score (nSPS) is 15.1. The minimum absolute atomic E-state index is 0.291. The average Bonchev–Trinajstić information content (AvgIpc) is 3.28. The number of pyridine rings is 1. The number of halogens is 9. The van der Waals surface area contributed by atoms with Crippen LogP contribution in [0.2, 0.25) is 0 Å². The number of alkyl halides is 9. The zero-order chi connectivity index (χ0) is 29.3. The molecular formula is C19H21F9N6O4. The van der Waals surface area contributed by atoms with Gasteiger partial charge in [0.15, 0.2) is 0 Å². The Labute approximate surface area is 207 Å². The predicted octanol–water partition coefficient (Wildman–Crippen LogP) is 3.25. The van der Waals surface area contributed by atoms with Crippen LogP contribution in [0.4, 0.5) is 39.5 Å². The van der Waals surface area contributed by atoms with Gasteiger partial charge in [-0.05, 0) is 24.5 Å². The van der Waals surface area contributed by atoms with Gasteiger partial charge in [-0.2, -0.15) is 39.5 Å². The summed E-state index contributed by atoms with van der Waals surface area (Å²) in [6.07, 6.45) is -9.54. The van der Waals surface area contributed by atoms with E-state index in [2.05, 4.69) is 20.2 Å². The molecule has 1 fully saturated rings. The number of hydrogen-bond acceptors (Lipinski definition) is 7. The molecule has 0 aliphatic carbocycles. The van der Waals surface area contributed by atoms with Gasteiger partial charge in [0.2, 0.25) is 0 Å². The highest BCUT2D eigenvalue weighted by Crippen LogP contribution is 2.28. The summed E-state index contributed by atoms with van der Waals surface area (Å²) in [5.74, 6) is -5.51. The van der Waals surface area contributed by atoms with E-state index in [1.54, 1.807) is 0 Å². The third-order valence-corrected chi connectivity index (χ3v) is 4.70. The smallest absolute Gasteiger partial charge is 0.475 e. The van der Waals surface area contributed by atoms with Crippen molar-refractivity contribution in [2.75, 3.05) is 13.1 Å². The predicted molar refractivity (Wildman–Crippen MR) is 108 cm³/mol. The fourth-order valence-corrected chi connectivity index (χ4v) is 2.87. The first kappa shape index (κ1) is 32.5. The second kappa shape index (κ2) is 13.4. The van der Waals surface area contributed by atoms with E-state index in [0.717, 1.165) is 43.3 Å². The van der Waals surface area contributed by atoms with E-state index in [1.807, 2.05) is 10.9 Å². The van der Waals surface area contributed by atoms with Gasteiger partial charge in [-0.15, -0.1) is 5.10 Å². The largest absolute Gasteiger partial charge is 0.490 e. The SMILES string of the molecule is NCc1cn(C2CCN(Cc3ccc(C(F)(F)F)nc3)CC2)nn1.O=C(O)C(F)(F)F.O=C(O)C(F)(F)F. The van der Waals surface area contributed by atoms with E-state index in [1.165, 1.54) is 12.3 Å². The Morgan fingerprint density at radius 3 is 1.79 bits per heavy atom. The van der Waals surface area contributed by atoms with Gasteiger partial charge < -0.3 is 15.9 Å². The van der Waals surface area contributed by atoms with Crippen LogP contribution >= 0.6 is 0 Å². The molecule has 2 aromatic heterocycles. The van der Waals surface area contributed by atoms with Gasteiger partial charge in [0.05, 0.1) is 17.9 Å². The fourth-order valence-electron chi connectivity index (χ4n) is 2.87. The van der Waals surface area contributed by atoms with Crippen molar-refractivity contribution in [2.24, 2.45) is 5.73 Å². The second-order valence-electron chi connectivity index (χ2n) is 7.56. The van der Waals surface area contributed by atoms with Crippen LogP contribution in [0.25, 0.3) is 0 Å². The van der Waals surface area contributed by atoms with E-state index < -0.39 is 36.2 Å². The lowest BCUT2D eigenvalue weighted by atomic mass is 10.0. The van der Waals surface area contributed by atoms with Gasteiger partial charge >= 0.3 is 30.5 Å². The molecule has 0 spiro atoms. The number of hydrogen-bond donors (Lipinski definition) is 3. The number of carboxylic acids is 2. The van der Waals surface area contributed by atoms with Gasteiger partial charge in [0.1, 0.15) is 5.69 Å². The molecule has 4 N–H and O–H groups in total. The first-order chi connectivity index (χ1) is 17.3. The topological polar surface area (TPSA) is 147 Å². The highest BCUT2D eigenvalue weighted by atomic mass is 19.4. The summed E-state index contributed by atoms with van der Waals surface area (Å²) < 4.78 is 103. The number of likely N-dealkylation sites (tertiary alicyclic amines) is 1. The highest BCUT2D eigenvalue weighted by Gasteiger charge is 2.39. The molecule has 3 rings (SSSR count). The Balaban J connectivity index is 0.000000426. The summed E-state index contributed by atoms with van der Waals surface area (Å²) in [4.78, 5) is 23.5. The molecule has 0 radical (unpaired) electrons. The molecule has 2 aromatic rings. The Hall–Kier alpha value is -3.48. The molecule has 0 unspecified atom stereocenters. The maximum atomic E-state index is 12.5. The van der Waals surface area contributed by atoms with Crippen molar-refractivity contribution < 1.29 is 59.3 Å². The lowest BCUT2D eigenvalue weighted by Crippen LogP contribution is -2.34. The number of carbonyl (C=O) groups is 2. The maximum absolute atomic E-state index is 12.5. The van der Waals surface area contributed by atoms with Crippen LogP contribution in [0, 0.1) is 0 Å². The van der Waals surface area contributed by atoms with Crippen LogP contribution in [0.3, 0.4) is 0 Å². The van der Waals surface area contributed by atoms with E-state index in [0.29, 0.717) is 19.1 Å². The average molecular weight is 568 g/mol. The molecule has 1 saturated heterocycles. The Bertz CT molecular complexity index is 1010. The molecule has 1 aliphatic rings. The summed E-state index contributed by atoms with van der Waals surface area (Å²) in [5, 5.41) is 22.4. The van der Waals surface area contributed by atoms with E-state index in [4.69, 9.17) is 25.5 Å². The third-order valence-electron chi connectivity index (χ3n) is 4.70. The van der Waals surface area contributed by atoms with Crippen molar-refractivity contribution in [1.29, 1.82) is 0 Å². The van der Waals surface area contributed by atoms with Gasteiger partial charge in [0.25, 0.3) is 0 Å². The first-order valence-electron chi connectivity index (χ1n) is 10.3. The van der Waals surface area contributed by atoms with Crippen molar-refractivity contribution in [3.05, 3.63) is 41.5 Å². The minimum atomic E-state index is -5.08. The van der Waals surface area contributed by atoms with Crippen LogP contribution in [-0.2, 0) is 28.9 Å². The quantitative estimate of drug-likeness (QED) is 0.473. The maximum Gasteiger partial charge on any atom is 0.490 e. The summed E-state index contributed by atoms with van der Waals surface area (Å²) in [7, 11) is 0. The summed E-state index contributed by atoms with van der Waals surface area (Å²) in [6, 6.07) is 2.82. The Morgan fingerprint density at radius 2 is 1.45 bits per heavy atom. The molecule has 0 atom stereocenters. The van der Waals surface area contributed by atoms with Gasteiger partial charge in [-0.3, -0.25) is 9.88 Å². The molecule has 3 heterocycles.